The molecule has 82 valence electrons. The summed E-state index contributed by atoms with van der Waals surface area (Å²) in [6.07, 6.45) is 0.486. The molecule has 1 saturated heterocycles. The van der Waals surface area contributed by atoms with Crippen molar-refractivity contribution in [1.29, 1.82) is 0 Å². The maximum absolute atomic E-state index is 10.2. The van der Waals surface area contributed by atoms with Gasteiger partial charge in [0.1, 0.15) is 0 Å². The van der Waals surface area contributed by atoms with E-state index in [1.807, 2.05) is 18.2 Å². The largest absolute Gasteiger partial charge is 0.388 e. The summed E-state index contributed by atoms with van der Waals surface area (Å²) in [5.74, 6) is 0.218. The minimum absolute atomic E-state index is 0.218. The Bertz CT molecular complexity index is 348. The summed E-state index contributed by atoms with van der Waals surface area (Å²) in [6, 6.07) is 5.84. The van der Waals surface area contributed by atoms with Crippen LogP contribution in [-0.2, 0) is 4.74 Å². The van der Waals surface area contributed by atoms with E-state index in [4.69, 9.17) is 4.74 Å². The van der Waals surface area contributed by atoms with Crippen molar-refractivity contribution in [1.82, 2.24) is 0 Å². The predicted molar refractivity (Wildman–Crippen MR) is 65.7 cm³/mol. The van der Waals surface area contributed by atoms with E-state index in [0.717, 1.165) is 27.5 Å². The van der Waals surface area contributed by atoms with E-state index in [9.17, 15) is 5.11 Å². The van der Waals surface area contributed by atoms with E-state index in [1.165, 1.54) is 0 Å². The molecule has 1 aliphatic rings. The summed E-state index contributed by atoms with van der Waals surface area (Å²) >= 11 is 6.87. The summed E-state index contributed by atoms with van der Waals surface area (Å²) in [6.45, 7) is 1.41. The van der Waals surface area contributed by atoms with Gasteiger partial charge in [0, 0.05) is 21.5 Å². The van der Waals surface area contributed by atoms with E-state index < -0.39 is 6.10 Å². The van der Waals surface area contributed by atoms with Crippen molar-refractivity contribution in [2.45, 2.75) is 12.5 Å². The molecule has 1 heterocycles. The lowest BCUT2D eigenvalue weighted by molar-refractivity contribution is 0.0912. The van der Waals surface area contributed by atoms with Crippen molar-refractivity contribution in [3.8, 4) is 0 Å². The van der Waals surface area contributed by atoms with Gasteiger partial charge < -0.3 is 9.84 Å². The summed E-state index contributed by atoms with van der Waals surface area (Å²) in [5.41, 5.74) is 0.930. The molecule has 0 amide bonds. The molecule has 1 fully saturated rings. The Morgan fingerprint density at radius 3 is 2.87 bits per heavy atom. The van der Waals surface area contributed by atoms with E-state index >= 15 is 0 Å². The molecule has 1 aromatic rings. The van der Waals surface area contributed by atoms with E-state index in [1.54, 1.807) is 0 Å². The number of ether oxygens (including phenoxy) is 1. The Kier molecular flexibility index (Phi) is 3.83. The van der Waals surface area contributed by atoms with Gasteiger partial charge in [0.15, 0.2) is 0 Å². The van der Waals surface area contributed by atoms with Crippen LogP contribution in [0.3, 0.4) is 0 Å². The van der Waals surface area contributed by atoms with E-state index in [2.05, 4.69) is 31.9 Å². The lowest BCUT2D eigenvalue weighted by Gasteiger charge is -2.18. The lowest BCUT2D eigenvalue weighted by Crippen LogP contribution is -2.12. The summed E-state index contributed by atoms with van der Waals surface area (Å²) in [5, 5.41) is 10.2. The second-order valence-corrected chi connectivity index (χ2v) is 5.50. The Labute approximate surface area is 106 Å². The minimum atomic E-state index is -0.445. The number of benzene rings is 1. The number of aliphatic hydroxyl groups is 1. The van der Waals surface area contributed by atoms with Crippen molar-refractivity contribution < 1.29 is 9.84 Å². The first-order valence-corrected chi connectivity index (χ1v) is 6.48. The molecule has 1 aliphatic heterocycles. The van der Waals surface area contributed by atoms with Crippen LogP contribution < -0.4 is 0 Å². The number of halogens is 2. The molecule has 2 rings (SSSR count). The van der Waals surface area contributed by atoms with Crippen LogP contribution in [0.25, 0.3) is 0 Å². The second kappa shape index (κ2) is 4.95. The highest BCUT2D eigenvalue weighted by Gasteiger charge is 2.26. The molecular formula is C11H12Br2O2. The SMILES string of the molecule is OC(c1cc(Br)ccc1Br)C1CCOC1. The normalized spacial score (nSPS) is 23.0. The average molecular weight is 336 g/mol. The van der Waals surface area contributed by atoms with Crippen LogP contribution in [0.5, 0.6) is 0 Å². The summed E-state index contributed by atoms with van der Waals surface area (Å²) < 4.78 is 7.22. The third-order valence-electron chi connectivity index (χ3n) is 2.69. The first-order valence-electron chi connectivity index (χ1n) is 4.89. The molecule has 0 bridgehead atoms. The average Bonchev–Trinajstić information content (AvgIpc) is 2.74. The number of hydrogen-bond donors (Lipinski definition) is 1. The molecule has 4 heteroatoms. The van der Waals surface area contributed by atoms with Gasteiger partial charge in [-0.15, -0.1) is 0 Å². The molecule has 2 nitrogen and oxygen atoms in total. The monoisotopic (exact) mass is 334 g/mol. The van der Waals surface area contributed by atoms with Crippen LogP contribution in [0.15, 0.2) is 27.1 Å². The smallest absolute Gasteiger partial charge is 0.0852 e. The Balaban J connectivity index is 2.23. The van der Waals surface area contributed by atoms with Gasteiger partial charge in [0.05, 0.1) is 12.7 Å². The van der Waals surface area contributed by atoms with Crippen LogP contribution in [0.2, 0.25) is 0 Å². The van der Waals surface area contributed by atoms with Crippen LogP contribution in [0, 0.1) is 5.92 Å². The summed E-state index contributed by atoms with van der Waals surface area (Å²) in [7, 11) is 0. The molecule has 1 N–H and O–H groups in total. The standard InChI is InChI=1S/C11H12Br2O2/c12-8-1-2-10(13)9(5-8)11(14)7-3-4-15-6-7/h1-2,5,7,11,14H,3-4,6H2. The zero-order valence-corrected chi connectivity index (χ0v) is 11.3. The topological polar surface area (TPSA) is 29.5 Å². The maximum atomic E-state index is 10.2. The Morgan fingerprint density at radius 2 is 2.20 bits per heavy atom. The fourth-order valence-corrected chi connectivity index (χ4v) is 2.66. The highest BCUT2D eigenvalue weighted by Crippen LogP contribution is 2.34. The van der Waals surface area contributed by atoms with Gasteiger partial charge in [-0.25, -0.2) is 0 Å². The highest BCUT2D eigenvalue weighted by molar-refractivity contribution is 9.11. The van der Waals surface area contributed by atoms with Gasteiger partial charge >= 0.3 is 0 Å². The fourth-order valence-electron chi connectivity index (χ4n) is 1.80. The van der Waals surface area contributed by atoms with Crippen molar-refractivity contribution >= 4 is 31.9 Å². The Morgan fingerprint density at radius 1 is 1.40 bits per heavy atom. The molecule has 15 heavy (non-hydrogen) atoms. The van der Waals surface area contributed by atoms with Crippen LogP contribution in [0.1, 0.15) is 18.1 Å². The zero-order chi connectivity index (χ0) is 10.8. The molecule has 1 aromatic carbocycles. The van der Waals surface area contributed by atoms with Gasteiger partial charge in [-0.1, -0.05) is 31.9 Å². The highest BCUT2D eigenvalue weighted by atomic mass is 79.9. The van der Waals surface area contributed by atoms with Gasteiger partial charge in [0.25, 0.3) is 0 Å². The Hall–Kier alpha value is 0.1000. The quantitative estimate of drug-likeness (QED) is 0.898. The molecule has 0 aliphatic carbocycles. The first-order chi connectivity index (χ1) is 7.18. The molecule has 0 radical (unpaired) electrons. The molecule has 0 spiro atoms. The van der Waals surface area contributed by atoms with Crippen LogP contribution in [-0.4, -0.2) is 18.3 Å². The first kappa shape index (κ1) is 11.6. The number of aliphatic hydroxyl groups excluding tert-OH is 1. The molecule has 0 saturated carbocycles. The molecule has 0 aromatic heterocycles. The van der Waals surface area contributed by atoms with Gasteiger partial charge in [-0.3, -0.25) is 0 Å². The third-order valence-corrected chi connectivity index (χ3v) is 3.90. The number of rotatable bonds is 2. The van der Waals surface area contributed by atoms with E-state index in [-0.39, 0.29) is 5.92 Å². The van der Waals surface area contributed by atoms with Crippen LogP contribution in [0.4, 0.5) is 0 Å². The van der Waals surface area contributed by atoms with Crippen molar-refractivity contribution in [2.75, 3.05) is 13.2 Å². The van der Waals surface area contributed by atoms with Gasteiger partial charge in [-0.2, -0.15) is 0 Å². The summed E-state index contributed by atoms with van der Waals surface area (Å²) in [4.78, 5) is 0. The van der Waals surface area contributed by atoms with Crippen molar-refractivity contribution in [2.24, 2.45) is 5.92 Å². The molecule has 2 atom stereocenters. The lowest BCUT2D eigenvalue weighted by atomic mass is 9.95. The third kappa shape index (κ3) is 2.61. The van der Waals surface area contributed by atoms with Crippen molar-refractivity contribution in [3.05, 3.63) is 32.7 Å². The molecule has 2 unspecified atom stereocenters. The minimum Gasteiger partial charge on any atom is -0.388 e. The number of hydrogen-bond acceptors (Lipinski definition) is 2. The van der Waals surface area contributed by atoms with Gasteiger partial charge in [-0.05, 0) is 30.2 Å². The van der Waals surface area contributed by atoms with Gasteiger partial charge in [0.2, 0.25) is 0 Å². The van der Waals surface area contributed by atoms with Crippen molar-refractivity contribution in [3.63, 3.8) is 0 Å². The predicted octanol–water partition coefficient (Wildman–Crippen LogP) is 3.28. The van der Waals surface area contributed by atoms with E-state index in [0.29, 0.717) is 6.61 Å². The zero-order valence-electron chi connectivity index (χ0n) is 8.12. The second-order valence-electron chi connectivity index (χ2n) is 3.73. The fraction of sp³-hybridized carbons (Fsp3) is 0.455. The van der Waals surface area contributed by atoms with Crippen LogP contribution >= 0.6 is 31.9 Å². The maximum Gasteiger partial charge on any atom is 0.0852 e. The molecular weight excluding hydrogens is 324 g/mol.